The number of hydrogen-bond donors (Lipinski definition) is 3. The second kappa shape index (κ2) is 8.24. The van der Waals surface area contributed by atoms with Gasteiger partial charge in [0, 0.05) is 11.6 Å². The topological polar surface area (TPSA) is 122 Å². The van der Waals surface area contributed by atoms with Crippen molar-refractivity contribution in [2.45, 2.75) is 29.8 Å². The highest BCUT2D eigenvalue weighted by Gasteiger charge is 2.28. The van der Waals surface area contributed by atoms with Crippen molar-refractivity contribution in [2.75, 3.05) is 13.2 Å². The molecule has 0 aliphatic heterocycles. The Morgan fingerprint density at radius 2 is 2.12 bits per heavy atom. The maximum absolute atomic E-state index is 12.2. The highest BCUT2D eigenvalue weighted by atomic mass is 32.2. The summed E-state index contributed by atoms with van der Waals surface area (Å²) in [6, 6.07) is 4.13. The average Bonchev–Trinajstić information content (AvgIpc) is 3.37. The van der Waals surface area contributed by atoms with Gasteiger partial charge in [0.25, 0.3) is 5.91 Å². The Balaban J connectivity index is 2.08. The Kier molecular flexibility index (Phi) is 6.29. The molecule has 9 heteroatoms. The Labute approximate surface area is 145 Å². The molecule has 1 fully saturated rings. The van der Waals surface area contributed by atoms with Gasteiger partial charge >= 0.3 is 5.97 Å². The lowest BCUT2D eigenvalue weighted by molar-refractivity contribution is -0.140. The minimum Gasteiger partial charge on any atom is -0.480 e. The van der Waals surface area contributed by atoms with E-state index in [4.69, 9.17) is 9.84 Å². The number of nitrogens with one attached hydrogen (secondary N) is 2. The molecule has 1 aliphatic carbocycles. The molecule has 1 aromatic rings. The normalized spacial score (nSPS) is 15.4. The predicted molar refractivity (Wildman–Crippen MR) is 89.7 cm³/mol. The average molecular weight is 368 g/mol. The summed E-state index contributed by atoms with van der Waals surface area (Å²) in [6.45, 7) is 3.37. The summed E-state index contributed by atoms with van der Waals surface area (Å²) in [7, 11) is -3.70. The summed E-state index contributed by atoms with van der Waals surface area (Å²) >= 11 is 0. The molecule has 1 aromatic carbocycles. The van der Waals surface area contributed by atoms with E-state index in [2.05, 4.69) is 16.6 Å². The SMILES string of the molecule is C=CCOCC(NC(=O)c1cccc(S(=O)(=O)NC2CC2)c1)C(=O)O. The monoisotopic (exact) mass is 368 g/mol. The standard InChI is InChI=1S/C16H20N2O6S/c1-2-8-24-10-14(16(20)21)17-15(19)11-4-3-5-13(9-11)25(22,23)18-12-6-7-12/h2-5,9,12,14,18H,1,6-8,10H2,(H,17,19)(H,20,21). The van der Waals surface area contributed by atoms with Crippen LogP contribution < -0.4 is 10.0 Å². The molecule has 0 spiro atoms. The van der Waals surface area contributed by atoms with E-state index in [0.29, 0.717) is 0 Å². The zero-order valence-electron chi connectivity index (χ0n) is 13.5. The molecule has 0 aromatic heterocycles. The van der Waals surface area contributed by atoms with E-state index in [0.717, 1.165) is 12.8 Å². The summed E-state index contributed by atoms with van der Waals surface area (Å²) in [5, 5.41) is 11.4. The number of carboxylic acids is 1. The summed E-state index contributed by atoms with van der Waals surface area (Å²) < 4.78 is 32.0. The van der Waals surface area contributed by atoms with Crippen molar-refractivity contribution in [3.63, 3.8) is 0 Å². The zero-order valence-corrected chi connectivity index (χ0v) is 14.3. The largest absolute Gasteiger partial charge is 0.480 e. The van der Waals surface area contributed by atoms with Crippen LogP contribution >= 0.6 is 0 Å². The van der Waals surface area contributed by atoms with Gasteiger partial charge in [-0.3, -0.25) is 4.79 Å². The molecule has 1 aliphatic rings. The number of carboxylic acid groups (broad SMARTS) is 1. The number of sulfonamides is 1. The predicted octanol–water partition coefficient (Wildman–Crippen LogP) is 0.513. The summed E-state index contributed by atoms with van der Waals surface area (Å²) in [5.74, 6) is -1.95. The number of carbonyl (C=O) groups is 2. The minimum absolute atomic E-state index is 0.0400. The Morgan fingerprint density at radius 1 is 1.40 bits per heavy atom. The Bertz CT molecular complexity index is 758. The lowest BCUT2D eigenvalue weighted by Gasteiger charge is -2.15. The lowest BCUT2D eigenvalue weighted by atomic mass is 10.2. The molecule has 1 saturated carbocycles. The summed E-state index contributed by atoms with van der Waals surface area (Å²) in [6.07, 6.45) is 3.05. The molecule has 0 heterocycles. The van der Waals surface area contributed by atoms with Crippen molar-refractivity contribution in [3.05, 3.63) is 42.5 Å². The van der Waals surface area contributed by atoms with Crippen molar-refractivity contribution in [1.29, 1.82) is 0 Å². The third kappa shape index (κ3) is 5.66. The molecule has 0 saturated heterocycles. The fraction of sp³-hybridized carbons (Fsp3) is 0.375. The minimum atomic E-state index is -3.70. The van der Waals surface area contributed by atoms with Crippen molar-refractivity contribution in [3.8, 4) is 0 Å². The van der Waals surface area contributed by atoms with Gasteiger partial charge in [-0.2, -0.15) is 0 Å². The third-order valence-corrected chi connectivity index (χ3v) is 4.95. The number of benzene rings is 1. The van der Waals surface area contributed by atoms with Crippen LogP contribution in [0.1, 0.15) is 23.2 Å². The first kappa shape index (κ1) is 19.1. The van der Waals surface area contributed by atoms with Crippen LogP contribution in [0.2, 0.25) is 0 Å². The lowest BCUT2D eigenvalue weighted by Crippen LogP contribution is -2.44. The highest BCUT2D eigenvalue weighted by molar-refractivity contribution is 7.89. The fourth-order valence-electron chi connectivity index (χ4n) is 1.98. The van der Waals surface area contributed by atoms with Gasteiger partial charge < -0.3 is 15.2 Å². The first-order valence-electron chi connectivity index (χ1n) is 7.68. The number of hydrogen-bond acceptors (Lipinski definition) is 5. The number of aliphatic carboxylic acids is 1. The van der Waals surface area contributed by atoms with Crippen LogP contribution in [-0.2, 0) is 19.6 Å². The van der Waals surface area contributed by atoms with Crippen LogP contribution in [0.3, 0.4) is 0 Å². The van der Waals surface area contributed by atoms with Gasteiger partial charge in [-0.25, -0.2) is 17.9 Å². The Morgan fingerprint density at radius 3 is 2.72 bits per heavy atom. The first-order valence-corrected chi connectivity index (χ1v) is 9.16. The van der Waals surface area contributed by atoms with Gasteiger partial charge in [-0.05, 0) is 31.0 Å². The van der Waals surface area contributed by atoms with Gasteiger partial charge in [0.05, 0.1) is 18.1 Å². The Hall–Kier alpha value is -2.23. The number of rotatable bonds is 10. The molecule has 1 unspecified atom stereocenters. The van der Waals surface area contributed by atoms with Gasteiger partial charge in [0.1, 0.15) is 0 Å². The quantitative estimate of drug-likeness (QED) is 0.409. The molecule has 0 bridgehead atoms. The van der Waals surface area contributed by atoms with E-state index in [9.17, 15) is 18.0 Å². The van der Waals surface area contributed by atoms with Crippen molar-refractivity contribution < 1.29 is 27.9 Å². The molecule has 25 heavy (non-hydrogen) atoms. The molecule has 136 valence electrons. The zero-order chi connectivity index (χ0) is 18.4. The van der Waals surface area contributed by atoms with Crippen LogP contribution in [0.25, 0.3) is 0 Å². The van der Waals surface area contributed by atoms with Crippen molar-refractivity contribution in [1.82, 2.24) is 10.0 Å². The van der Waals surface area contributed by atoms with Crippen molar-refractivity contribution >= 4 is 21.9 Å². The summed E-state index contributed by atoms with van der Waals surface area (Å²) in [5.41, 5.74) is 0.0497. The van der Waals surface area contributed by atoms with Crippen LogP contribution in [0.15, 0.2) is 41.8 Å². The number of ether oxygens (including phenoxy) is 1. The van der Waals surface area contributed by atoms with Crippen LogP contribution in [0, 0.1) is 0 Å². The summed E-state index contributed by atoms with van der Waals surface area (Å²) in [4.78, 5) is 23.4. The molecule has 1 atom stereocenters. The highest BCUT2D eigenvalue weighted by Crippen LogP contribution is 2.22. The molecule has 2 rings (SSSR count). The molecule has 1 amide bonds. The smallest absolute Gasteiger partial charge is 0.328 e. The van der Waals surface area contributed by atoms with E-state index in [1.54, 1.807) is 0 Å². The van der Waals surface area contributed by atoms with Crippen LogP contribution in [0.4, 0.5) is 0 Å². The first-order chi connectivity index (χ1) is 11.8. The van der Waals surface area contributed by atoms with Crippen LogP contribution in [0.5, 0.6) is 0 Å². The maximum Gasteiger partial charge on any atom is 0.328 e. The number of carbonyl (C=O) groups excluding carboxylic acids is 1. The van der Waals surface area contributed by atoms with Gasteiger partial charge in [-0.1, -0.05) is 12.1 Å². The van der Waals surface area contributed by atoms with E-state index < -0.39 is 27.9 Å². The van der Waals surface area contributed by atoms with Gasteiger partial charge in [0.2, 0.25) is 10.0 Å². The van der Waals surface area contributed by atoms with E-state index >= 15 is 0 Å². The third-order valence-electron chi connectivity index (χ3n) is 3.43. The molecular formula is C16H20N2O6S. The molecular weight excluding hydrogens is 348 g/mol. The fourth-order valence-corrected chi connectivity index (χ4v) is 3.33. The molecule has 3 N–H and O–H groups in total. The van der Waals surface area contributed by atoms with E-state index in [1.807, 2.05) is 0 Å². The molecule has 8 nitrogen and oxygen atoms in total. The van der Waals surface area contributed by atoms with Gasteiger partial charge in [0.15, 0.2) is 6.04 Å². The second-order valence-corrected chi connectivity index (χ2v) is 7.33. The molecule has 0 radical (unpaired) electrons. The second-order valence-electron chi connectivity index (χ2n) is 5.61. The number of amides is 1. The van der Waals surface area contributed by atoms with E-state index in [-0.39, 0.29) is 29.7 Å². The van der Waals surface area contributed by atoms with Gasteiger partial charge in [-0.15, -0.1) is 6.58 Å². The van der Waals surface area contributed by atoms with E-state index in [1.165, 1.54) is 30.3 Å². The van der Waals surface area contributed by atoms with Crippen LogP contribution in [-0.4, -0.2) is 50.7 Å². The maximum atomic E-state index is 12.2. The van der Waals surface area contributed by atoms with Crippen molar-refractivity contribution in [2.24, 2.45) is 0 Å².